The number of alkyl halides is 1. The van der Waals surface area contributed by atoms with Gasteiger partial charge in [0.15, 0.2) is 0 Å². The molecule has 11 heteroatoms. The van der Waals surface area contributed by atoms with Crippen molar-refractivity contribution >= 4 is 39.6 Å². The maximum Gasteiger partial charge on any atom is 0.313 e. The van der Waals surface area contributed by atoms with Crippen molar-refractivity contribution < 1.29 is 33.8 Å². The summed E-state index contributed by atoms with van der Waals surface area (Å²) >= 11 is 3.73. The summed E-state index contributed by atoms with van der Waals surface area (Å²) in [7, 11) is 0. The fourth-order valence-corrected chi connectivity index (χ4v) is 8.55. The van der Waals surface area contributed by atoms with Crippen LogP contribution in [0.4, 0.5) is 0 Å². The molecule has 1 aromatic carbocycles. The van der Waals surface area contributed by atoms with Gasteiger partial charge in [-0.2, -0.15) is 0 Å². The van der Waals surface area contributed by atoms with Gasteiger partial charge in [-0.3, -0.25) is 19.2 Å². The maximum atomic E-state index is 14.7. The monoisotopic (exact) mass is 729 g/mol. The molecule has 3 aliphatic heterocycles. The number of carbonyl (C=O) groups is 4. The number of benzene rings is 1. The quantitative estimate of drug-likeness (QED) is 0.0915. The molecule has 3 saturated heterocycles. The van der Waals surface area contributed by atoms with Crippen LogP contribution in [0.25, 0.3) is 0 Å². The zero-order valence-corrected chi connectivity index (χ0v) is 30.1. The first-order valence-corrected chi connectivity index (χ1v) is 18.3. The molecule has 48 heavy (non-hydrogen) atoms. The van der Waals surface area contributed by atoms with E-state index in [1.54, 1.807) is 17.1 Å². The lowest BCUT2D eigenvalue weighted by Gasteiger charge is -2.41. The minimum atomic E-state index is -1.29. The summed E-state index contributed by atoms with van der Waals surface area (Å²) in [6, 6.07) is 7.47. The molecule has 4 rings (SSSR count). The maximum absolute atomic E-state index is 14.7. The largest absolute Gasteiger partial charge is 0.455 e. The van der Waals surface area contributed by atoms with Gasteiger partial charge in [0.05, 0.1) is 37.1 Å². The minimum Gasteiger partial charge on any atom is -0.455 e. The molecular weight excluding hydrogens is 678 g/mol. The molecule has 3 amide bonds. The van der Waals surface area contributed by atoms with E-state index < -0.39 is 47.7 Å². The molecule has 3 aliphatic rings. The number of fused-ring (bicyclic) bond motifs is 1. The molecule has 0 aliphatic carbocycles. The first-order chi connectivity index (χ1) is 23.1. The van der Waals surface area contributed by atoms with Crippen LogP contribution >= 0.6 is 15.9 Å². The second-order valence-corrected chi connectivity index (χ2v) is 14.5. The van der Waals surface area contributed by atoms with Gasteiger partial charge in [0.2, 0.25) is 17.7 Å². The summed E-state index contributed by atoms with van der Waals surface area (Å²) in [5.41, 5.74) is -0.594. The summed E-state index contributed by atoms with van der Waals surface area (Å²) in [6.45, 7) is 14.1. The fourth-order valence-electron chi connectivity index (χ4n) is 7.60. The molecule has 3 fully saturated rings. The molecule has 10 nitrogen and oxygen atoms in total. The van der Waals surface area contributed by atoms with Crippen LogP contribution < -0.4 is 5.32 Å². The van der Waals surface area contributed by atoms with Gasteiger partial charge in [-0.05, 0) is 30.7 Å². The fraction of sp³-hybridized carbons (Fsp3) is 0.622. The number of ether oxygens (including phenoxy) is 2. The number of likely N-dealkylation sites (tertiary alicyclic amines) is 1. The van der Waals surface area contributed by atoms with Crippen LogP contribution in [0, 0.1) is 17.8 Å². The van der Waals surface area contributed by atoms with Crippen molar-refractivity contribution in [1.29, 1.82) is 0 Å². The Labute approximate surface area is 293 Å². The van der Waals surface area contributed by atoms with Crippen LogP contribution in [-0.2, 0) is 28.7 Å². The van der Waals surface area contributed by atoms with E-state index in [9.17, 15) is 24.3 Å². The van der Waals surface area contributed by atoms with Gasteiger partial charge >= 0.3 is 5.97 Å². The average Bonchev–Trinajstić information content (AvgIpc) is 3.68. The number of allylic oxidation sites excluding steroid dienone is 1. The molecule has 1 unspecified atom stereocenters. The number of nitrogens with zero attached hydrogens (tertiary/aromatic N) is 2. The smallest absolute Gasteiger partial charge is 0.313 e. The highest BCUT2D eigenvalue weighted by atomic mass is 79.9. The van der Waals surface area contributed by atoms with Crippen LogP contribution in [0.5, 0.6) is 0 Å². The summed E-state index contributed by atoms with van der Waals surface area (Å²) in [5, 5.41) is 13.5. The predicted octanol–water partition coefficient (Wildman–Crippen LogP) is 4.71. The van der Waals surface area contributed by atoms with Crippen molar-refractivity contribution in [2.45, 2.75) is 100 Å². The number of aliphatic hydroxyl groups is 1. The molecule has 1 aromatic rings. The first kappa shape index (κ1) is 37.8. The number of halogens is 1. The summed E-state index contributed by atoms with van der Waals surface area (Å²) in [5.74, 6) is -3.55. The zero-order valence-electron chi connectivity index (χ0n) is 28.5. The molecule has 3 heterocycles. The van der Waals surface area contributed by atoms with E-state index in [1.807, 2.05) is 44.2 Å². The number of nitrogens with one attached hydrogen (secondary N) is 1. The number of hydrogen-bond donors (Lipinski definition) is 2. The van der Waals surface area contributed by atoms with Crippen LogP contribution in [0.15, 0.2) is 55.6 Å². The minimum absolute atomic E-state index is 0.0492. The van der Waals surface area contributed by atoms with Crippen LogP contribution in [0.1, 0.15) is 77.4 Å². The molecule has 1 spiro atoms. The van der Waals surface area contributed by atoms with E-state index in [0.29, 0.717) is 37.9 Å². The van der Waals surface area contributed by atoms with Gasteiger partial charge in [0, 0.05) is 24.3 Å². The Hall–Kier alpha value is -3.02. The standard InChI is InChI=1S/C37H52BrN3O7/c1-6-10-15-20-40(19-8-3)35(45)33-37-21-26(38)32(48-37)30(31(37)34(44)41(33)27(23-42)24(5)9-4)36(46)47-28(25-16-13-12-14-17-25)22-39-29(43)18-11-7-2/h7-8,12-14,16-17,24,26-28,30-33,42H,2-3,6,9-11,15,18-23H2,1,4-5H3,(H,39,43)/t24-,26?,27-,28+,30-,31+,32-,33-,37+/m0/s1. The van der Waals surface area contributed by atoms with Gasteiger partial charge in [-0.15, -0.1) is 13.2 Å². The number of rotatable bonds is 19. The highest BCUT2D eigenvalue weighted by molar-refractivity contribution is 9.09. The van der Waals surface area contributed by atoms with Gasteiger partial charge in [0.1, 0.15) is 17.7 Å². The Morgan fingerprint density at radius 3 is 2.56 bits per heavy atom. The Kier molecular flexibility index (Phi) is 13.4. The highest BCUT2D eigenvalue weighted by Crippen LogP contribution is 2.61. The third-order valence-corrected chi connectivity index (χ3v) is 11.1. The number of amides is 3. The Morgan fingerprint density at radius 2 is 1.94 bits per heavy atom. The van der Waals surface area contributed by atoms with Gasteiger partial charge in [-0.1, -0.05) is 98.4 Å². The van der Waals surface area contributed by atoms with Gasteiger partial charge in [0.25, 0.3) is 0 Å². The molecule has 0 radical (unpaired) electrons. The Balaban J connectivity index is 1.71. The number of carbonyl (C=O) groups excluding carboxylic acids is 4. The molecule has 264 valence electrons. The third-order valence-electron chi connectivity index (χ3n) is 10.3. The van der Waals surface area contributed by atoms with Crippen molar-refractivity contribution in [3.8, 4) is 0 Å². The van der Waals surface area contributed by atoms with Crippen molar-refractivity contribution in [2.75, 3.05) is 26.2 Å². The topological polar surface area (TPSA) is 125 Å². The lowest BCUT2D eigenvalue weighted by atomic mass is 9.70. The van der Waals surface area contributed by atoms with E-state index in [-0.39, 0.29) is 48.0 Å². The third kappa shape index (κ3) is 7.58. The van der Waals surface area contributed by atoms with Crippen LogP contribution in [-0.4, -0.2) is 93.5 Å². The second kappa shape index (κ2) is 17.1. The van der Waals surface area contributed by atoms with Gasteiger partial charge < -0.3 is 29.7 Å². The summed E-state index contributed by atoms with van der Waals surface area (Å²) < 4.78 is 12.9. The van der Waals surface area contributed by atoms with Gasteiger partial charge in [-0.25, -0.2) is 0 Å². The van der Waals surface area contributed by atoms with E-state index in [2.05, 4.69) is 41.3 Å². The average molecular weight is 731 g/mol. The van der Waals surface area contributed by atoms with E-state index >= 15 is 0 Å². The lowest BCUT2D eigenvalue weighted by Crippen LogP contribution is -2.60. The van der Waals surface area contributed by atoms with Crippen molar-refractivity contribution in [1.82, 2.24) is 15.1 Å². The van der Waals surface area contributed by atoms with E-state index in [0.717, 1.165) is 19.3 Å². The summed E-state index contributed by atoms with van der Waals surface area (Å²) in [6.07, 6.45) is 6.36. The molecule has 0 aromatic heterocycles. The molecular formula is C37H52BrN3O7. The second-order valence-electron chi connectivity index (χ2n) is 13.3. The first-order valence-electron chi connectivity index (χ1n) is 17.4. The van der Waals surface area contributed by atoms with E-state index in [1.165, 1.54) is 4.90 Å². The Morgan fingerprint density at radius 1 is 1.21 bits per heavy atom. The zero-order chi connectivity index (χ0) is 35.0. The predicted molar refractivity (Wildman–Crippen MR) is 187 cm³/mol. The number of unbranched alkanes of at least 4 members (excludes halogenated alkanes) is 2. The number of hydrogen-bond acceptors (Lipinski definition) is 7. The normalized spacial score (nSPS) is 27.6. The summed E-state index contributed by atoms with van der Waals surface area (Å²) in [4.78, 5) is 59.1. The molecule has 9 atom stereocenters. The van der Waals surface area contributed by atoms with Crippen molar-refractivity contribution in [3.05, 3.63) is 61.2 Å². The van der Waals surface area contributed by atoms with Crippen LogP contribution in [0.2, 0.25) is 0 Å². The number of esters is 1. The van der Waals surface area contributed by atoms with Crippen molar-refractivity contribution in [3.63, 3.8) is 0 Å². The van der Waals surface area contributed by atoms with Crippen molar-refractivity contribution in [2.24, 2.45) is 17.8 Å². The lowest BCUT2D eigenvalue weighted by molar-refractivity contribution is -0.161. The highest BCUT2D eigenvalue weighted by Gasteiger charge is 2.77. The van der Waals surface area contributed by atoms with E-state index in [4.69, 9.17) is 9.47 Å². The molecule has 0 saturated carbocycles. The number of aliphatic hydroxyl groups excluding tert-OH is 1. The van der Waals surface area contributed by atoms with Crippen LogP contribution in [0.3, 0.4) is 0 Å². The molecule has 2 bridgehead atoms. The molecule has 2 N–H and O–H groups in total. The SMILES string of the molecule is C=CCCC(=O)NC[C@@H](OC(=O)[C@@H]1[C@H]2O[C@@]3(CC2Br)[C@H](C(=O)N(CC=C)CCCCC)N([C@@H](CO)[C@@H](C)CC)C(=O)[C@@H]13)c1ccccc1. The Bertz CT molecular complexity index is 1310.